The van der Waals surface area contributed by atoms with E-state index in [9.17, 15) is 19.5 Å². The van der Waals surface area contributed by atoms with Crippen molar-refractivity contribution >= 4 is 23.3 Å². The summed E-state index contributed by atoms with van der Waals surface area (Å²) in [6.45, 7) is 3.30. The summed E-state index contributed by atoms with van der Waals surface area (Å²) in [7, 11) is 3.89. The summed E-state index contributed by atoms with van der Waals surface area (Å²) in [6.07, 6.45) is 3.79. The molecule has 1 aromatic heterocycles. The molecule has 13 nitrogen and oxygen atoms in total. The molecule has 0 saturated carbocycles. The molecule has 1 aromatic carbocycles. The van der Waals surface area contributed by atoms with E-state index in [2.05, 4.69) is 9.97 Å². The van der Waals surface area contributed by atoms with Crippen molar-refractivity contribution < 1.29 is 29.7 Å². The van der Waals surface area contributed by atoms with Gasteiger partial charge in [-0.15, -0.1) is 0 Å². The zero-order valence-electron chi connectivity index (χ0n) is 21.7. The van der Waals surface area contributed by atoms with Gasteiger partial charge in [0, 0.05) is 43.8 Å². The number of hydroxylamine groups is 1. The highest BCUT2D eigenvalue weighted by Gasteiger charge is 2.35. The Morgan fingerprint density at radius 2 is 1.95 bits per heavy atom. The van der Waals surface area contributed by atoms with E-state index in [4.69, 9.17) is 20.8 Å². The highest BCUT2D eigenvalue weighted by Crippen LogP contribution is 2.27. The Kier molecular flexibility index (Phi) is 11.3. The number of carbonyl (C=O) groups excluding carboxylic acids is 2. The van der Waals surface area contributed by atoms with Gasteiger partial charge < -0.3 is 25.6 Å². The fourth-order valence-electron chi connectivity index (χ4n) is 3.56. The van der Waals surface area contributed by atoms with Gasteiger partial charge in [-0.3, -0.25) is 19.4 Å². The molecule has 3 rings (SSSR count). The highest BCUT2D eigenvalue weighted by molar-refractivity contribution is 5.99. The van der Waals surface area contributed by atoms with Crippen LogP contribution in [0, 0.1) is 5.92 Å². The second-order valence-corrected chi connectivity index (χ2v) is 8.83. The number of allylic oxidation sites excluding steroid dienone is 3. The number of aliphatic hydroxyl groups is 2. The summed E-state index contributed by atoms with van der Waals surface area (Å²) >= 11 is 0. The molecular formula is C25H34N6O7. The van der Waals surface area contributed by atoms with Crippen LogP contribution in [0.4, 0.5) is 11.6 Å². The molecule has 13 heteroatoms. The van der Waals surface area contributed by atoms with Crippen LogP contribution in [0.2, 0.25) is 0 Å². The minimum atomic E-state index is -0.806. The number of aromatic nitrogens is 3. The normalized spacial score (nSPS) is 20.0. The minimum absolute atomic E-state index is 0.0182. The van der Waals surface area contributed by atoms with Gasteiger partial charge in [0.05, 0.1) is 12.7 Å². The predicted octanol–water partition coefficient (Wildman–Crippen LogP) is 0.441. The minimum Gasteiger partial charge on any atom is -0.394 e. The van der Waals surface area contributed by atoms with Crippen LogP contribution in [0.3, 0.4) is 0 Å². The summed E-state index contributed by atoms with van der Waals surface area (Å²) in [5.41, 5.74) is 8.62. The van der Waals surface area contributed by atoms with E-state index >= 15 is 0 Å². The molecule has 206 valence electrons. The van der Waals surface area contributed by atoms with E-state index in [1.54, 1.807) is 19.1 Å². The molecule has 2 heterocycles. The van der Waals surface area contributed by atoms with Gasteiger partial charge in [0.1, 0.15) is 18.7 Å². The Bertz CT molecular complexity index is 1210. The summed E-state index contributed by atoms with van der Waals surface area (Å²) < 4.78 is 6.41. The van der Waals surface area contributed by atoms with Gasteiger partial charge in [0.15, 0.2) is 5.78 Å². The van der Waals surface area contributed by atoms with Gasteiger partial charge in [-0.05, 0) is 31.2 Å². The first-order valence-corrected chi connectivity index (χ1v) is 11.7. The number of rotatable bonds is 8. The molecule has 6 N–H and O–H groups in total. The van der Waals surface area contributed by atoms with E-state index in [1.807, 2.05) is 50.2 Å². The number of benzene rings is 1. The Morgan fingerprint density at radius 3 is 2.47 bits per heavy atom. The molecule has 0 unspecified atom stereocenters. The monoisotopic (exact) mass is 530 g/mol. The molecule has 0 radical (unpaired) electrons. The third kappa shape index (κ3) is 8.59. The number of carbonyl (C=O) groups is 2. The smallest absolute Gasteiger partial charge is 0.354 e. The van der Waals surface area contributed by atoms with Gasteiger partial charge in [-0.1, -0.05) is 24.6 Å². The molecule has 0 aliphatic carbocycles. The molecular weight excluding hydrogens is 496 g/mol. The Labute approximate surface area is 219 Å². The van der Waals surface area contributed by atoms with Crippen LogP contribution in [-0.4, -0.2) is 74.6 Å². The van der Waals surface area contributed by atoms with E-state index in [0.717, 1.165) is 15.8 Å². The summed E-state index contributed by atoms with van der Waals surface area (Å²) in [5, 5.41) is 26.8. The molecule has 38 heavy (non-hydrogen) atoms. The number of Topliss-reactive ketones (excluding diaryl/α,β-unsaturated/α-hetero) is 1. The third-order valence-electron chi connectivity index (χ3n) is 5.64. The number of ketones is 1. The van der Waals surface area contributed by atoms with Crippen LogP contribution < -0.4 is 21.8 Å². The average molecular weight is 531 g/mol. The summed E-state index contributed by atoms with van der Waals surface area (Å²) in [4.78, 5) is 43.8. The van der Waals surface area contributed by atoms with Gasteiger partial charge in [0.2, 0.25) is 5.95 Å². The number of nitrogens with one attached hydrogen (secondary N) is 1. The lowest BCUT2D eigenvalue weighted by Crippen LogP contribution is -2.28. The van der Waals surface area contributed by atoms with E-state index in [-0.39, 0.29) is 30.7 Å². The molecule has 1 saturated heterocycles. The Balaban J connectivity index is 0.000000279. The van der Waals surface area contributed by atoms with Crippen LogP contribution in [-0.2, 0) is 9.53 Å². The number of amides is 1. The topological polar surface area (TPSA) is 193 Å². The average Bonchev–Trinajstić information content (AvgIpc) is 3.27. The highest BCUT2D eigenvalue weighted by atomic mass is 16.5. The van der Waals surface area contributed by atoms with Crippen molar-refractivity contribution in [2.75, 3.05) is 31.3 Å². The fraction of sp³-hybridized carbons (Fsp3) is 0.400. The molecule has 0 spiro atoms. The zero-order valence-corrected chi connectivity index (χ0v) is 21.7. The maximum absolute atomic E-state index is 12.4. The fourth-order valence-corrected chi connectivity index (χ4v) is 3.56. The van der Waals surface area contributed by atoms with E-state index in [0.29, 0.717) is 5.56 Å². The summed E-state index contributed by atoms with van der Waals surface area (Å²) in [6, 6.07) is 7.43. The predicted molar refractivity (Wildman–Crippen MR) is 139 cm³/mol. The first kappa shape index (κ1) is 30.3. The van der Waals surface area contributed by atoms with Crippen molar-refractivity contribution in [3.63, 3.8) is 0 Å². The summed E-state index contributed by atoms with van der Waals surface area (Å²) in [5.74, 6) is -0.999. The lowest BCUT2D eigenvalue weighted by molar-refractivity contribution is -0.124. The third-order valence-corrected chi connectivity index (χ3v) is 5.64. The number of nitrogens with two attached hydrogens (primary N) is 1. The van der Waals surface area contributed by atoms with Gasteiger partial charge in [-0.2, -0.15) is 4.98 Å². The van der Waals surface area contributed by atoms with Crippen LogP contribution >= 0.6 is 0 Å². The van der Waals surface area contributed by atoms with Crippen molar-refractivity contribution in [3.8, 4) is 0 Å². The van der Waals surface area contributed by atoms with E-state index < -0.39 is 30.0 Å². The Hall–Kier alpha value is -3.91. The maximum Gasteiger partial charge on any atom is 0.354 e. The number of anilines is 2. The standard InChI is InChI=1S/C17H22N2O3.C8H12N4O4/c1-12(5-10-16(20)18-22)11-13(2)17(21)14-6-8-15(9-7-14)19(3)4;9-7-10-3-12(8(15)11-7)6-1-4(14)5(2-13)16-6/h5-11,13,22H,1-4H3,(H,18,20);3-6,13-14H,1-2H2,(H2,9,11,15)/b10-5+,12-11+;/t13-;4-,5+,6+/m10/s1. The van der Waals surface area contributed by atoms with Crippen LogP contribution in [0.25, 0.3) is 0 Å². The number of hydrogen-bond donors (Lipinski definition) is 5. The molecule has 1 fully saturated rings. The molecule has 4 atom stereocenters. The molecule has 1 aliphatic heterocycles. The van der Waals surface area contributed by atoms with E-state index in [1.165, 1.54) is 17.9 Å². The van der Waals surface area contributed by atoms with Crippen molar-refractivity contribution in [1.82, 2.24) is 20.0 Å². The number of aliphatic hydroxyl groups excluding tert-OH is 2. The van der Waals surface area contributed by atoms with Crippen molar-refractivity contribution in [3.05, 3.63) is 70.4 Å². The number of ether oxygens (including phenoxy) is 1. The van der Waals surface area contributed by atoms with Gasteiger partial charge in [-0.25, -0.2) is 15.3 Å². The van der Waals surface area contributed by atoms with Crippen molar-refractivity contribution in [1.29, 1.82) is 0 Å². The molecule has 0 bridgehead atoms. The van der Waals surface area contributed by atoms with Crippen molar-refractivity contribution in [2.45, 2.75) is 38.7 Å². The number of nitrogens with zero attached hydrogens (tertiary/aromatic N) is 4. The molecule has 1 amide bonds. The first-order chi connectivity index (χ1) is 18.0. The van der Waals surface area contributed by atoms with Gasteiger partial charge in [0.25, 0.3) is 5.91 Å². The number of hydrogen-bond acceptors (Lipinski definition) is 11. The molecule has 1 aliphatic rings. The molecule has 2 aromatic rings. The largest absolute Gasteiger partial charge is 0.394 e. The first-order valence-electron chi connectivity index (χ1n) is 11.7. The Morgan fingerprint density at radius 1 is 1.29 bits per heavy atom. The SMILES string of the molecule is CC(/C=C/C(=O)NO)=C\[C@@H](C)C(=O)c1ccc(N(C)C)cc1.Nc1ncn([C@H]2C[C@H](O)[C@@H](CO)O2)c(=O)n1. The lowest BCUT2D eigenvalue weighted by atomic mass is 9.97. The lowest BCUT2D eigenvalue weighted by Gasteiger charge is -2.13. The maximum atomic E-state index is 12.4. The van der Waals surface area contributed by atoms with Crippen LogP contribution in [0.5, 0.6) is 0 Å². The van der Waals surface area contributed by atoms with Crippen LogP contribution in [0.1, 0.15) is 36.9 Å². The zero-order chi connectivity index (χ0) is 28.4. The van der Waals surface area contributed by atoms with Crippen molar-refractivity contribution in [2.24, 2.45) is 5.92 Å². The number of nitrogen functional groups attached to an aromatic ring is 1. The van der Waals surface area contributed by atoms with Crippen LogP contribution in [0.15, 0.2) is 59.2 Å². The second kappa shape index (κ2) is 14.1. The van der Waals surface area contributed by atoms with Gasteiger partial charge >= 0.3 is 5.69 Å². The second-order valence-electron chi connectivity index (χ2n) is 8.83. The quantitative estimate of drug-likeness (QED) is 0.104.